The lowest BCUT2D eigenvalue weighted by atomic mass is 9.97. The Bertz CT molecular complexity index is 254. The molecule has 4 N–H and O–H groups in total. The van der Waals surface area contributed by atoms with Gasteiger partial charge in [-0.05, 0) is 19.4 Å². The third-order valence-electron chi connectivity index (χ3n) is 3.57. The molecule has 1 unspecified atom stereocenters. The van der Waals surface area contributed by atoms with E-state index in [1.165, 1.54) is 0 Å². The Hall–Kier alpha value is -0.240. The summed E-state index contributed by atoms with van der Waals surface area (Å²) < 4.78 is 11.2. The third-order valence-corrected chi connectivity index (χ3v) is 3.57. The Kier molecular flexibility index (Phi) is 8.60. The molecule has 1 fully saturated rings. The minimum absolute atomic E-state index is 0.340. The van der Waals surface area contributed by atoms with Crippen molar-refractivity contribution in [1.82, 2.24) is 5.32 Å². The Morgan fingerprint density at radius 3 is 2.40 bits per heavy atom. The van der Waals surface area contributed by atoms with Gasteiger partial charge in [-0.2, -0.15) is 0 Å². The predicted octanol–water partition coefficient (Wildman–Crippen LogP) is 0.000400. The maximum Gasteiger partial charge on any atom is 0.175 e. The number of ether oxygens (including phenoxy) is 2. The first-order valence-electron chi connectivity index (χ1n) is 7.63. The highest BCUT2D eigenvalue weighted by molar-refractivity contribution is 4.93. The molecule has 20 heavy (non-hydrogen) atoms. The standard InChI is InChI=1S/C14H29NO5/c1-3-5-7-15-11-13(18)12(17)10(9-16)20-14(11)19-8-6-4-2/h10-18H,3-9H2,1-2H3/t10-,11-,12-,13-,14?/m1/s1. The normalized spacial score (nSPS) is 34.4. The fourth-order valence-corrected chi connectivity index (χ4v) is 2.23. The van der Waals surface area contributed by atoms with Crippen molar-refractivity contribution in [3.05, 3.63) is 0 Å². The van der Waals surface area contributed by atoms with E-state index in [1.54, 1.807) is 0 Å². The number of nitrogens with one attached hydrogen (secondary N) is 1. The van der Waals surface area contributed by atoms with Crippen molar-refractivity contribution in [1.29, 1.82) is 0 Å². The molecule has 1 aliphatic rings. The minimum Gasteiger partial charge on any atom is -0.394 e. The fourth-order valence-electron chi connectivity index (χ4n) is 2.23. The number of hydrogen-bond acceptors (Lipinski definition) is 6. The molecule has 0 saturated carbocycles. The van der Waals surface area contributed by atoms with Gasteiger partial charge in [0.05, 0.1) is 12.6 Å². The minimum atomic E-state index is -1.11. The topological polar surface area (TPSA) is 91.2 Å². The molecule has 6 heteroatoms. The zero-order valence-electron chi connectivity index (χ0n) is 12.5. The quantitative estimate of drug-likeness (QED) is 0.447. The van der Waals surface area contributed by atoms with E-state index in [0.717, 1.165) is 32.2 Å². The van der Waals surface area contributed by atoms with Crippen molar-refractivity contribution in [2.45, 2.75) is 70.2 Å². The SMILES string of the molecule is CCCCN[C@H]1C(OCCCC)O[C@H](CO)[C@@H](O)[C@@H]1O. The maximum absolute atomic E-state index is 10.2. The van der Waals surface area contributed by atoms with Gasteiger partial charge in [-0.25, -0.2) is 0 Å². The van der Waals surface area contributed by atoms with Crippen LogP contribution < -0.4 is 5.32 Å². The van der Waals surface area contributed by atoms with Crippen LogP contribution in [0.25, 0.3) is 0 Å². The van der Waals surface area contributed by atoms with E-state index in [4.69, 9.17) is 9.47 Å². The molecule has 0 aromatic carbocycles. The van der Waals surface area contributed by atoms with Crippen molar-refractivity contribution >= 4 is 0 Å². The smallest absolute Gasteiger partial charge is 0.175 e. The van der Waals surface area contributed by atoms with Crippen LogP contribution in [0.3, 0.4) is 0 Å². The first-order chi connectivity index (χ1) is 9.65. The van der Waals surface area contributed by atoms with Gasteiger partial charge in [0, 0.05) is 6.61 Å². The summed E-state index contributed by atoms with van der Waals surface area (Å²) in [6.45, 7) is 5.08. The number of aliphatic hydroxyl groups is 3. The van der Waals surface area contributed by atoms with Crippen LogP contribution >= 0.6 is 0 Å². The van der Waals surface area contributed by atoms with Crippen LogP contribution in [0, 0.1) is 0 Å². The molecule has 6 nitrogen and oxygen atoms in total. The molecule has 0 bridgehead atoms. The van der Waals surface area contributed by atoms with Gasteiger partial charge in [0.15, 0.2) is 6.29 Å². The highest BCUT2D eigenvalue weighted by atomic mass is 16.7. The van der Waals surface area contributed by atoms with E-state index < -0.39 is 30.6 Å². The van der Waals surface area contributed by atoms with Gasteiger partial charge in [-0.1, -0.05) is 26.7 Å². The first-order valence-corrected chi connectivity index (χ1v) is 7.63. The molecule has 0 radical (unpaired) electrons. The molecular weight excluding hydrogens is 262 g/mol. The van der Waals surface area contributed by atoms with Crippen LogP contribution in [-0.2, 0) is 9.47 Å². The van der Waals surface area contributed by atoms with E-state index in [9.17, 15) is 15.3 Å². The zero-order chi connectivity index (χ0) is 15.0. The van der Waals surface area contributed by atoms with Crippen molar-refractivity contribution < 1.29 is 24.8 Å². The number of hydrogen-bond donors (Lipinski definition) is 4. The summed E-state index contributed by atoms with van der Waals surface area (Å²) in [5.41, 5.74) is 0. The van der Waals surface area contributed by atoms with E-state index in [0.29, 0.717) is 6.61 Å². The highest BCUT2D eigenvalue weighted by Crippen LogP contribution is 2.22. The van der Waals surface area contributed by atoms with Gasteiger partial charge in [0.2, 0.25) is 0 Å². The van der Waals surface area contributed by atoms with Crippen LogP contribution in [0.4, 0.5) is 0 Å². The van der Waals surface area contributed by atoms with Crippen molar-refractivity contribution in [2.75, 3.05) is 19.8 Å². The molecule has 0 amide bonds. The Morgan fingerprint density at radius 2 is 1.80 bits per heavy atom. The Balaban J connectivity index is 2.61. The molecule has 1 saturated heterocycles. The Labute approximate surface area is 121 Å². The van der Waals surface area contributed by atoms with Crippen molar-refractivity contribution in [3.8, 4) is 0 Å². The second-order valence-corrected chi connectivity index (χ2v) is 5.26. The van der Waals surface area contributed by atoms with Crippen molar-refractivity contribution in [3.63, 3.8) is 0 Å². The van der Waals surface area contributed by atoms with Crippen LogP contribution in [0.5, 0.6) is 0 Å². The summed E-state index contributed by atoms with van der Waals surface area (Å²) in [7, 11) is 0. The number of rotatable bonds is 9. The average Bonchev–Trinajstić information content (AvgIpc) is 2.45. The van der Waals surface area contributed by atoms with Crippen LogP contribution in [0.15, 0.2) is 0 Å². The second kappa shape index (κ2) is 9.65. The summed E-state index contributed by atoms with van der Waals surface area (Å²) >= 11 is 0. The summed E-state index contributed by atoms with van der Waals surface area (Å²) in [4.78, 5) is 0. The summed E-state index contributed by atoms with van der Waals surface area (Å²) in [6.07, 6.45) is 0.369. The van der Waals surface area contributed by atoms with E-state index in [-0.39, 0.29) is 6.61 Å². The van der Waals surface area contributed by atoms with Crippen LogP contribution in [0.1, 0.15) is 39.5 Å². The van der Waals surface area contributed by atoms with E-state index in [2.05, 4.69) is 19.2 Å². The molecule has 1 aliphatic heterocycles. The predicted molar refractivity (Wildman–Crippen MR) is 75.3 cm³/mol. The van der Waals surface area contributed by atoms with Crippen LogP contribution in [-0.4, -0.2) is 65.7 Å². The molecule has 0 aromatic rings. The molecule has 5 atom stereocenters. The molecule has 0 spiro atoms. The fraction of sp³-hybridized carbons (Fsp3) is 1.00. The summed E-state index contributed by atoms with van der Waals surface area (Å²) in [5.74, 6) is 0. The molecule has 120 valence electrons. The summed E-state index contributed by atoms with van der Waals surface area (Å²) in [6, 6.07) is -0.476. The van der Waals surface area contributed by atoms with Gasteiger partial charge >= 0.3 is 0 Å². The molecule has 0 aromatic heterocycles. The third kappa shape index (κ3) is 4.95. The zero-order valence-corrected chi connectivity index (χ0v) is 12.5. The lowest BCUT2D eigenvalue weighted by molar-refractivity contribution is -0.271. The van der Waals surface area contributed by atoms with Gasteiger partial charge in [-0.3, -0.25) is 0 Å². The monoisotopic (exact) mass is 291 g/mol. The van der Waals surface area contributed by atoms with Gasteiger partial charge in [-0.15, -0.1) is 0 Å². The first kappa shape index (κ1) is 17.8. The Morgan fingerprint density at radius 1 is 1.10 bits per heavy atom. The average molecular weight is 291 g/mol. The van der Waals surface area contributed by atoms with Crippen molar-refractivity contribution in [2.24, 2.45) is 0 Å². The van der Waals surface area contributed by atoms with Gasteiger partial charge in [0.25, 0.3) is 0 Å². The molecule has 1 rings (SSSR count). The lowest BCUT2D eigenvalue weighted by Gasteiger charge is -2.42. The van der Waals surface area contributed by atoms with E-state index in [1.807, 2.05) is 0 Å². The summed E-state index contributed by atoms with van der Waals surface area (Å²) in [5, 5.41) is 32.5. The lowest BCUT2D eigenvalue weighted by Crippen LogP contribution is -2.64. The highest BCUT2D eigenvalue weighted by Gasteiger charge is 2.44. The van der Waals surface area contributed by atoms with E-state index >= 15 is 0 Å². The van der Waals surface area contributed by atoms with Crippen LogP contribution in [0.2, 0.25) is 0 Å². The largest absolute Gasteiger partial charge is 0.394 e. The maximum atomic E-state index is 10.2. The van der Waals surface area contributed by atoms with Gasteiger partial charge in [0.1, 0.15) is 18.3 Å². The van der Waals surface area contributed by atoms with Gasteiger partial charge < -0.3 is 30.1 Å². The second-order valence-electron chi connectivity index (χ2n) is 5.26. The number of unbranched alkanes of at least 4 members (excludes halogenated alkanes) is 2. The molecule has 1 heterocycles. The number of aliphatic hydroxyl groups excluding tert-OH is 3. The molecular formula is C14H29NO5. The molecule has 0 aliphatic carbocycles.